The first-order valence-corrected chi connectivity index (χ1v) is 6.12. The van der Waals surface area contributed by atoms with E-state index in [4.69, 9.17) is 4.74 Å². The van der Waals surface area contributed by atoms with Crippen molar-refractivity contribution in [3.63, 3.8) is 0 Å². The van der Waals surface area contributed by atoms with Gasteiger partial charge in [-0.3, -0.25) is 4.68 Å². The van der Waals surface area contributed by atoms with Gasteiger partial charge in [-0.15, -0.1) is 0 Å². The average molecular weight is 238 g/mol. The Balaban J connectivity index is 1.99. The van der Waals surface area contributed by atoms with E-state index < -0.39 is 0 Å². The molecular formula is C12H22N4O. The molecule has 0 aromatic carbocycles. The molecule has 0 saturated carbocycles. The third-order valence-electron chi connectivity index (χ3n) is 3.08. The summed E-state index contributed by atoms with van der Waals surface area (Å²) in [4.78, 5) is 2.38. The summed E-state index contributed by atoms with van der Waals surface area (Å²) in [5, 5.41) is 7.86. The first-order valence-electron chi connectivity index (χ1n) is 6.12. The van der Waals surface area contributed by atoms with Gasteiger partial charge in [0.05, 0.1) is 25.0 Å². The maximum Gasteiger partial charge on any atom is 0.0753 e. The lowest BCUT2D eigenvalue weighted by molar-refractivity contribution is 0.183. The lowest BCUT2D eigenvalue weighted by Gasteiger charge is -2.39. The van der Waals surface area contributed by atoms with E-state index >= 15 is 0 Å². The van der Waals surface area contributed by atoms with Crippen molar-refractivity contribution in [2.45, 2.75) is 25.9 Å². The minimum absolute atomic E-state index is 0.173. The van der Waals surface area contributed by atoms with E-state index in [-0.39, 0.29) is 5.54 Å². The summed E-state index contributed by atoms with van der Waals surface area (Å²) in [6.07, 6.45) is 4.04. The predicted octanol–water partition coefficient (Wildman–Crippen LogP) is 0.718. The Bertz CT molecular complexity index is 361. The van der Waals surface area contributed by atoms with E-state index in [0.717, 1.165) is 26.2 Å². The van der Waals surface area contributed by atoms with Crippen molar-refractivity contribution in [3.8, 4) is 0 Å². The minimum Gasteiger partial charge on any atom is -0.383 e. The van der Waals surface area contributed by atoms with Crippen molar-refractivity contribution in [3.05, 3.63) is 12.4 Å². The molecule has 0 unspecified atom stereocenters. The molecule has 5 nitrogen and oxygen atoms in total. The van der Waals surface area contributed by atoms with Crippen LogP contribution in [0.5, 0.6) is 0 Å². The SMILES string of the molecule is COCCn1cc(N2CCNC(C)(C)C2)cn1. The number of rotatable bonds is 4. The van der Waals surface area contributed by atoms with E-state index in [1.165, 1.54) is 5.69 Å². The molecule has 5 heteroatoms. The molecule has 1 aliphatic heterocycles. The van der Waals surface area contributed by atoms with Gasteiger partial charge in [-0.2, -0.15) is 5.10 Å². The molecule has 96 valence electrons. The fourth-order valence-corrected chi connectivity index (χ4v) is 2.18. The van der Waals surface area contributed by atoms with Crippen molar-refractivity contribution in [2.24, 2.45) is 0 Å². The van der Waals surface area contributed by atoms with Crippen molar-refractivity contribution in [1.82, 2.24) is 15.1 Å². The zero-order valence-electron chi connectivity index (χ0n) is 10.9. The highest BCUT2D eigenvalue weighted by molar-refractivity contribution is 5.43. The van der Waals surface area contributed by atoms with Crippen LogP contribution in [-0.4, -0.2) is 48.7 Å². The number of hydrogen-bond donors (Lipinski definition) is 1. The summed E-state index contributed by atoms with van der Waals surface area (Å²) in [7, 11) is 1.71. The second kappa shape index (κ2) is 5.06. The van der Waals surface area contributed by atoms with Crippen LogP contribution in [0.1, 0.15) is 13.8 Å². The van der Waals surface area contributed by atoms with Crippen LogP contribution in [-0.2, 0) is 11.3 Å². The number of methoxy groups -OCH3 is 1. The molecule has 0 spiro atoms. The molecule has 0 atom stereocenters. The normalized spacial score (nSPS) is 19.6. The largest absolute Gasteiger partial charge is 0.383 e. The maximum absolute atomic E-state index is 5.05. The van der Waals surface area contributed by atoms with Gasteiger partial charge >= 0.3 is 0 Å². The highest BCUT2D eigenvalue weighted by atomic mass is 16.5. The summed E-state index contributed by atoms with van der Waals surface area (Å²) >= 11 is 0. The van der Waals surface area contributed by atoms with Crippen LogP contribution in [0.15, 0.2) is 12.4 Å². The van der Waals surface area contributed by atoms with Crippen molar-refractivity contribution < 1.29 is 4.74 Å². The third kappa shape index (κ3) is 3.20. The number of piperazine rings is 1. The molecule has 0 aliphatic carbocycles. The molecule has 17 heavy (non-hydrogen) atoms. The Hall–Kier alpha value is -1.07. The quantitative estimate of drug-likeness (QED) is 0.839. The summed E-state index contributed by atoms with van der Waals surface area (Å²) in [6.45, 7) is 9.06. The van der Waals surface area contributed by atoms with Crippen LogP contribution in [0.25, 0.3) is 0 Å². The van der Waals surface area contributed by atoms with Gasteiger partial charge in [-0.25, -0.2) is 0 Å². The van der Waals surface area contributed by atoms with Gasteiger partial charge in [0.2, 0.25) is 0 Å². The Morgan fingerprint density at radius 1 is 1.53 bits per heavy atom. The number of nitrogens with one attached hydrogen (secondary N) is 1. The summed E-state index contributed by atoms with van der Waals surface area (Å²) in [5.41, 5.74) is 1.38. The second-order valence-electron chi connectivity index (χ2n) is 5.19. The number of nitrogens with zero attached hydrogens (tertiary/aromatic N) is 3. The molecule has 1 aromatic rings. The zero-order chi connectivity index (χ0) is 12.3. The molecule has 1 aromatic heterocycles. The Labute approximate surface area is 103 Å². The van der Waals surface area contributed by atoms with Gasteiger partial charge < -0.3 is 15.0 Å². The van der Waals surface area contributed by atoms with Crippen LogP contribution >= 0.6 is 0 Å². The highest BCUT2D eigenvalue weighted by Crippen LogP contribution is 2.18. The van der Waals surface area contributed by atoms with E-state index in [2.05, 4.69) is 35.4 Å². The van der Waals surface area contributed by atoms with Gasteiger partial charge in [-0.05, 0) is 13.8 Å². The second-order valence-corrected chi connectivity index (χ2v) is 5.19. The lowest BCUT2D eigenvalue weighted by atomic mass is 10.0. The van der Waals surface area contributed by atoms with Crippen LogP contribution < -0.4 is 10.2 Å². The van der Waals surface area contributed by atoms with Gasteiger partial charge in [0, 0.05) is 38.5 Å². The fraction of sp³-hybridized carbons (Fsp3) is 0.750. The van der Waals surface area contributed by atoms with Crippen LogP contribution in [0, 0.1) is 0 Å². The van der Waals surface area contributed by atoms with E-state index in [1.54, 1.807) is 7.11 Å². The molecule has 0 amide bonds. The van der Waals surface area contributed by atoms with Crippen molar-refractivity contribution >= 4 is 5.69 Å². The molecule has 1 N–H and O–H groups in total. The first-order chi connectivity index (χ1) is 8.11. The van der Waals surface area contributed by atoms with E-state index in [9.17, 15) is 0 Å². The third-order valence-corrected chi connectivity index (χ3v) is 3.08. The van der Waals surface area contributed by atoms with E-state index in [0.29, 0.717) is 6.61 Å². The smallest absolute Gasteiger partial charge is 0.0753 e. The van der Waals surface area contributed by atoms with Crippen molar-refractivity contribution in [1.29, 1.82) is 0 Å². The zero-order valence-corrected chi connectivity index (χ0v) is 10.9. The number of aromatic nitrogens is 2. The molecule has 0 radical (unpaired) electrons. The number of hydrogen-bond acceptors (Lipinski definition) is 4. The molecule has 1 saturated heterocycles. The van der Waals surface area contributed by atoms with Gasteiger partial charge in [0.25, 0.3) is 0 Å². The monoisotopic (exact) mass is 238 g/mol. The fourth-order valence-electron chi connectivity index (χ4n) is 2.18. The van der Waals surface area contributed by atoms with E-state index in [1.807, 2.05) is 10.9 Å². The van der Waals surface area contributed by atoms with Gasteiger partial charge in [-0.1, -0.05) is 0 Å². The summed E-state index contributed by atoms with van der Waals surface area (Å²) < 4.78 is 6.99. The molecule has 2 heterocycles. The molecular weight excluding hydrogens is 216 g/mol. The van der Waals surface area contributed by atoms with Crippen LogP contribution in [0.4, 0.5) is 5.69 Å². The summed E-state index contributed by atoms with van der Waals surface area (Å²) in [5.74, 6) is 0. The lowest BCUT2D eigenvalue weighted by Crippen LogP contribution is -2.57. The van der Waals surface area contributed by atoms with Crippen LogP contribution in [0.3, 0.4) is 0 Å². The molecule has 0 bridgehead atoms. The van der Waals surface area contributed by atoms with Gasteiger partial charge in [0.15, 0.2) is 0 Å². The molecule has 1 fully saturated rings. The van der Waals surface area contributed by atoms with Crippen molar-refractivity contribution in [2.75, 3.05) is 38.3 Å². The highest BCUT2D eigenvalue weighted by Gasteiger charge is 2.26. The topological polar surface area (TPSA) is 42.3 Å². The number of ether oxygens (including phenoxy) is 1. The molecule has 1 aliphatic rings. The Morgan fingerprint density at radius 3 is 3.06 bits per heavy atom. The summed E-state index contributed by atoms with van der Waals surface area (Å²) in [6, 6.07) is 0. The first kappa shape index (κ1) is 12.4. The molecule has 2 rings (SSSR count). The Morgan fingerprint density at radius 2 is 2.35 bits per heavy atom. The van der Waals surface area contributed by atoms with Crippen LogP contribution in [0.2, 0.25) is 0 Å². The number of anilines is 1. The van der Waals surface area contributed by atoms with Gasteiger partial charge in [0.1, 0.15) is 0 Å². The minimum atomic E-state index is 0.173. The Kier molecular flexibility index (Phi) is 3.69. The predicted molar refractivity (Wildman–Crippen MR) is 68.4 cm³/mol. The average Bonchev–Trinajstić information content (AvgIpc) is 2.73. The standard InChI is InChI=1S/C12H22N4O/c1-12(2)10-15(5-4-13-12)11-8-14-16(9-11)6-7-17-3/h8-9,13H,4-7,10H2,1-3H3. The maximum atomic E-state index is 5.05.